The molecule has 86 valence electrons. The molecule has 0 aromatic heterocycles. The van der Waals surface area contributed by atoms with E-state index in [0.717, 1.165) is 10.0 Å². The van der Waals surface area contributed by atoms with Gasteiger partial charge in [0.1, 0.15) is 5.78 Å². The third-order valence-electron chi connectivity index (χ3n) is 2.40. The van der Waals surface area contributed by atoms with Crippen molar-refractivity contribution in [2.75, 3.05) is 13.2 Å². The molecule has 1 aliphatic heterocycles. The van der Waals surface area contributed by atoms with Gasteiger partial charge in [-0.2, -0.15) is 0 Å². The fourth-order valence-electron chi connectivity index (χ4n) is 1.61. The first-order valence-corrected chi connectivity index (χ1v) is 6.03. The third kappa shape index (κ3) is 3.40. The lowest BCUT2D eigenvalue weighted by Gasteiger charge is -2.07. The fourth-order valence-corrected chi connectivity index (χ4v) is 1.88. The average Bonchev–Trinajstić information content (AvgIpc) is 2.74. The van der Waals surface area contributed by atoms with Gasteiger partial charge in [0, 0.05) is 10.9 Å². The molecular weight excluding hydrogens is 272 g/mol. The second-order valence-corrected chi connectivity index (χ2v) is 4.63. The molecule has 4 heteroatoms. The van der Waals surface area contributed by atoms with Crippen LogP contribution in [0.15, 0.2) is 28.7 Å². The van der Waals surface area contributed by atoms with Crippen molar-refractivity contribution in [1.82, 2.24) is 0 Å². The maximum absolute atomic E-state index is 11.7. The minimum atomic E-state index is -0.331. The van der Waals surface area contributed by atoms with Crippen LogP contribution in [-0.2, 0) is 20.7 Å². The summed E-state index contributed by atoms with van der Waals surface area (Å²) in [6.07, 6.45) is 0.454. The van der Waals surface area contributed by atoms with Gasteiger partial charge >= 0.3 is 0 Å². The van der Waals surface area contributed by atoms with Crippen LogP contribution in [0.2, 0.25) is 0 Å². The zero-order valence-electron chi connectivity index (χ0n) is 8.82. The molecule has 1 aromatic rings. The van der Waals surface area contributed by atoms with Crippen molar-refractivity contribution in [2.45, 2.75) is 19.1 Å². The summed E-state index contributed by atoms with van der Waals surface area (Å²) in [6, 6.07) is 7.76. The summed E-state index contributed by atoms with van der Waals surface area (Å²) < 4.78 is 11.5. The monoisotopic (exact) mass is 284 g/mol. The highest BCUT2D eigenvalue weighted by molar-refractivity contribution is 9.10. The zero-order valence-corrected chi connectivity index (χ0v) is 10.4. The molecule has 0 aliphatic carbocycles. The van der Waals surface area contributed by atoms with Crippen LogP contribution in [0.5, 0.6) is 0 Å². The molecule has 1 aromatic carbocycles. The minimum Gasteiger partial charge on any atom is -0.350 e. The fraction of sp³-hybridized carbons (Fsp3) is 0.417. The third-order valence-corrected chi connectivity index (χ3v) is 2.93. The van der Waals surface area contributed by atoms with Crippen LogP contribution in [-0.4, -0.2) is 25.3 Å². The van der Waals surface area contributed by atoms with Crippen molar-refractivity contribution in [3.8, 4) is 0 Å². The number of benzene rings is 1. The minimum absolute atomic E-state index is 0.147. The van der Waals surface area contributed by atoms with Crippen LogP contribution < -0.4 is 0 Å². The van der Waals surface area contributed by atoms with Crippen molar-refractivity contribution < 1.29 is 14.3 Å². The van der Waals surface area contributed by atoms with Gasteiger partial charge in [0.2, 0.25) is 0 Å². The molecule has 1 saturated heterocycles. The van der Waals surface area contributed by atoms with Crippen molar-refractivity contribution in [3.05, 3.63) is 34.3 Å². The predicted octanol–water partition coefficient (Wildman–Crippen LogP) is 2.32. The smallest absolute Gasteiger partial charge is 0.164 e. The lowest BCUT2D eigenvalue weighted by Crippen LogP contribution is -2.15. The lowest BCUT2D eigenvalue weighted by molar-refractivity contribution is -0.126. The topological polar surface area (TPSA) is 35.5 Å². The Balaban J connectivity index is 1.84. The first-order chi connectivity index (χ1) is 7.74. The molecule has 0 amide bonds. The Morgan fingerprint density at radius 1 is 1.25 bits per heavy atom. The molecule has 1 heterocycles. The largest absolute Gasteiger partial charge is 0.350 e. The van der Waals surface area contributed by atoms with E-state index in [2.05, 4.69) is 15.9 Å². The molecule has 16 heavy (non-hydrogen) atoms. The van der Waals surface area contributed by atoms with Gasteiger partial charge in [-0.05, 0) is 17.7 Å². The van der Waals surface area contributed by atoms with Gasteiger partial charge in [-0.3, -0.25) is 4.79 Å². The van der Waals surface area contributed by atoms with Crippen LogP contribution in [0.3, 0.4) is 0 Å². The molecule has 1 aliphatic rings. The molecular formula is C12H13BrO3. The Kier molecular flexibility index (Phi) is 4.09. The Labute approximate surface area is 103 Å². The number of rotatable bonds is 4. The molecule has 1 fully saturated rings. The lowest BCUT2D eigenvalue weighted by atomic mass is 10.1. The standard InChI is InChI=1S/C12H13BrO3/c13-10-3-1-9(2-4-10)7-11(14)8-12-15-5-6-16-12/h1-4,12H,5-8H2. The van der Waals surface area contributed by atoms with Crippen LogP contribution in [0.1, 0.15) is 12.0 Å². The molecule has 0 atom stereocenters. The van der Waals surface area contributed by atoms with E-state index < -0.39 is 0 Å². The van der Waals surface area contributed by atoms with E-state index in [1.165, 1.54) is 0 Å². The highest BCUT2D eigenvalue weighted by Crippen LogP contribution is 2.13. The Bertz CT molecular complexity index is 355. The molecule has 0 unspecified atom stereocenters. The summed E-state index contributed by atoms with van der Waals surface area (Å²) in [5.74, 6) is 0.147. The number of ketones is 1. The van der Waals surface area contributed by atoms with Gasteiger partial charge in [-0.25, -0.2) is 0 Å². The SMILES string of the molecule is O=C(Cc1ccc(Br)cc1)CC1OCCO1. The van der Waals surface area contributed by atoms with E-state index in [9.17, 15) is 4.79 Å². The second kappa shape index (κ2) is 5.57. The maximum atomic E-state index is 11.7. The van der Waals surface area contributed by atoms with Crippen LogP contribution in [0, 0.1) is 0 Å². The van der Waals surface area contributed by atoms with E-state index >= 15 is 0 Å². The summed E-state index contributed by atoms with van der Waals surface area (Å²) >= 11 is 3.36. The van der Waals surface area contributed by atoms with Crippen molar-refractivity contribution in [3.63, 3.8) is 0 Å². The van der Waals surface area contributed by atoms with Gasteiger partial charge in [-0.1, -0.05) is 28.1 Å². The zero-order chi connectivity index (χ0) is 11.4. The summed E-state index contributed by atoms with van der Waals surface area (Å²) in [4.78, 5) is 11.7. The normalized spacial score (nSPS) is 16.6. The Morgan fingerprint density at radius 3 is 2.50 bits per heavy atom. The van der Waals surface area contributed by atoms with Crippen LogP contribution >= 0.6 is 15.9 Å². The summed E-state index contributed by atoms with van der Waals surface area (Å²) in [7, 11) is 0. The number of Topliss-reactive ketones (excluding diaryl/α,β-unsaturated/α-hetero) is 1. The van der Waals surface area contributed by atoms with E-state index in [1.807, 2.05) is 24.3 Å². The summed E-state index contributed by atoms with van der Waals surface area (Å²) in [5.41, 5.74) is 1.02. The Morgan fingerprint density at radius 2 is 1.88 bits per heavy atom. The number of carbonyl (C=O) groups excluding carboxylic acids is 1. The molecule has 3 nitrogen and oxygen atoms in total. The number of carbonyl (C=O) groups is 1. The number of hydrogen-bond donors (Lipinski definition) is 0. The molecule has 0 spiro atoms. The summed E-state index contributed by atoms with van der Waals surface area (Å²) in [6.45, 7) is 1.19. The Hall–Kier alpha value is -0.710. The second-order valence-electron chi connectivity index (χ2n) is 3.72. The van der Waals surface area contributed by atoms with E-state index in [-0.39, 0.29) is 12.1 Å². The first-order valence-electron chi connectivity index (χ1n) is 5.23. The highest BCUT2D eigenvalue weighted by atomic mass is 79.9. The molecule has 0 N–H and O–H groups in total. The molecule has 0 radical (unpaired) electrons. The average molecular weight is 285 g/mol. The quantitative estimate of drug-likeness (QED) is 0.851. The van der Waals surface area contributed by atoms with E-state index in [0.29, 0.717) is 26.1 Å². The van der Waals surface area contributed by atoms with Crippen molar-refractivity contribution in [2.24, 2.45) is 0 Å². The molecule has 0 saturated carbocycles. The van der Waals surface area contributed by atoms with Gasteiger partial charge < -0.3 is 9.47 Å². The van der Waals surface area contributed by atoms with Gasteiger partial charge in [0.25, 0.3) is 0 Å². The van der Waals surface area contributed by atoms with Gasteiger partial charge in [0.15, 0.2) is 6.29 Å². The van der Waals surface area contributed by atoms with E-state index in [4.69, 9.17) is 9.47 Å². The molecule has 2 rings (SSSR count). The van der Waals surface area contributed by atoms with Crippen molar-refractivity contribution in [1.29, 1.82) is 0 Å². The number of hydrogen-bond acceptors (Lipinski definition) is 3. The van der Waals surface area contributed by atoms with Crippen molar-refractivity contribution >= 4 is 21.7 Å². The van der Waals surface area contributed by atoms with Crippen LogP contribution in [0.25, 0.3) is 0 Å². The summed E-state index contributed by atoms with van der Waals surface area (Å²) in [5, 5.41) is 0. The maximum Gasteiger partial charge on any atom is 0.164 e. The van der Waals surface area contributed by atoms with Crippen LogP contribution in [0.4, 0.5) is 0 Å². The van der Waals surface area contributed by atoms with E-state index in [1.54, 1.807) is 0 Å². The first kappa shape index (κ1) is 11.8. The van der Waals surface area contributed by atoms with Gasteiger partial charge in [-0.15, -0.1) is 0 Å². The number of halogens is 1. The molecule has 0 bridgehead atoms. The van der Waals surface area contributed by atoms with Gasteiger partial charge in [0.05, 0.1) is 19.6 Å². The highest BCUT2D eigenvalue weighted by Gasteiger charge is 2.19. The predicted molar refractivity (Wildman–Crippen MR) is 63.2 cm³/mol. The number of ether oxygens (including phenoxy) is 2.